The number of hydrogen-bond acceptors (Lipinski definition) is 8. The predicted octanol–water partition coefficient (Wildman–Crippen LogP) is 2.82. The molecule has 9 nitrogen and oxygen atoms in total. The highest BCUT2D eigenvalue weighted by atomic mass is 16.6. The van der Waals surface area contributed by atoms with Crippen LogP contribution in [0, 0.1) is 10.1 Å². The van der Waals surface area contributed by atoms with Crippen molar-refractivity contribution < 1.29 is 28.3 Å². The molecular weight excluding hydrogens is 320 g/mol. The average molecular weight is 334 g/mol. The summed E-state index contributed by atoms with van der Waals surface area (Å²) in [5.74, 6) is 1.17. The minimum Gasteiger partial charge on any atom is -0.493 e. The van der Waals surface area contributed by atoms with Crippen molar-refractivity contribution in [1.82, 2.24) is 0 Å². The molecule has 0 amide bonds. The second kappa shape index (κ2) is 6.11. The Balaban J connectivity index is 2.11. The number of aliphatic imine (C=N–C) groups is 1. The zero-order chi connectivity index (χ0) is 17.3. The molecule has 0 fully saturated rings. The van der Waals surface area contributed by atoms with Crippen LogP contribution in [-0.4, -0.2) is 32.2 Å². The van der Waals surface area contributed by atoms with Crippen LogP contribution in [0.4, 0.5) is 11.6 Å². The molecule has 24 heavy (non-hydrogen) atoms. The number of rotatable bonds is 5. The van der Waals surface area contributed by atoms with Crippen LogP contribution in [0.15, 0.2) is 27.6 Å². The molecule has 0 atom stereocenters. The standard InChI is InChI=1S/C15H14N2O7/c1-20-10-6-8-7-23-15(9-4-5-11(24-9)17(18)19)16-12(8)14(22-3)13(10)21-2/h4-6H,7H2,1-3H3. The molecule has 0 spiro atoms. The van der Waals surface area contributed by atoms with Crippen molar-refractivity contribution in [3.8, 4) is 17.2 Å². The quantitative estimate of drug-likeness (QED) is 0.611. The summed E-state index contributed by atoms with van der Waals surface area (Å²) in [6.45, 7) is 0.180. The first kappa shape index (κ1) is 15.7. The van der Waals surface area contributed by atoms with Crippen molar-refractivity contribution in [3.63, 3.8) is 0 Å². The highest BCUT2D eigenvalue weighted by molar-refractivity contribution is 5.95. The maximum absolute atomic E-state index is 10.7. The molecule has 0 unspecified atom stereocenters. The summed E-state index contributed by atoms with van der Waals surface area (Å²) in [6, 6.07) is 4.40. The number of ether oxygens (including phenoxy) is 4. The van der Waals surface area contributed by atoms with Crippen molar-refractivity contribution in [2.24, 2.45) is 4.99 Å². The number of benzene rings is 1. The summed E-state index contributed by atoms with van der Waals surface area (Å²) in [7, 11) is 4.50. The van der Waals surface area contributed by atoms with Gasteiger partial charge in [-0.2, -0.15) is 0 Å². The van der Waals surface area contributed by atoms with E-state index in [2.05, 4.69) is 4.99 Å². The number of nitrogens with zero attached hydrogens (tertiary/aromatic N) is 2. The van der Waals surface area contributed by atoms with Crippen LogP contribution in [0.25, 0.3) is 0 Å². The van der Waals surface area contributed by atoms with Crippen LogP contribution in [0.1, 0.15) is 11.3 Å². The van der Waals surface area contributed by atoms with E-state index < -0.39 is 4.92 Å². The van der Waals surface area contributed by atoms with E-state index in [9.17, 15) is 10.1 Å². The molecular formula is C15H14N2O7. The first-order valence-corrected chi connectivity index (χ1v) is 6.87. The van der Waals surface area contributed by atoms with Crippen LogP contribution in [-0.2, 0) is 11.3 Å². The second-order valence-electron chi connectivity index (χ2n) is 4.75. The first-order chi connectivity index (χ1) is 11.6. The van der Waals surface area contributed by atoms with Gasteiger partial charge in [-0.15, -0.1) is 0 Å². The third-order valence-corrected chi connectivity index (χ3v) is 3.44. The van der Waals surface area contributed by atoms with Crippen molar-refractivity contribution in [1.29, 1.82) is 0 Å². The fourth-order valence-corrected chi connectivity index (χ4v) is 2.37. The molecule has 3 rings (SSSR count). The van der Waals surface area contributed by atoms with Crippen LogP contribution in [0.2, 0.25) is 0 Å². The molecule has 0 radical (unpaired) electrons. The number of furan rings is 1. The summed E-state index contributed by atoms with van der Waals surface area (Å²) in [6.07, 6.45) is 0. The SMILES string of the molecule is COc1cc2c(c(OC)c1OC)N=C(c1ccc([N+](=O)[O-])o1)OC2. The monoisotopic (exact) mass is 334 g/mol. The molecule has 9 heteroatoms. The van der Waals surface area contributed by atoms with Crippen molar-refractivity contribution in [2.75, 3.05) is 21.3 Å². The minimum absolute atomic E-state index is 0.126. The molecule has 1 aromatic carbocycles. The lowest BCUT2D eigenvalue weighted by molar-refractivity contribution is -0.402. The van der Waals surface area contributed by atoms with Gasteiger partial charge in [0.25, 0.3) is 5.90 Å². The number of fused-ring (bicyclic) bond motifs is 1. The van der Waals surface area contributed by atoms with E-state index in [-0.39, 0.29) is 24.1 Å². The van der Waals surface area contributed by atoms with Gasteiger partial charge >= 0.3 is 5.88 Å². The van der Waals surface area contributed by atoms with Gasteiger partial charge in [0.1, 0.15) is 17.2 Å². The molecule has 1 aliphatic rings. The molecule has 126 valence electrons. The fourth-order valence-electron chi connectivity index (χ4n) is 2.37. The molecule has 0 saturated heterocycles. The topological polar surface area (TPSA) is 106 Å². The Bertz CT molecular complexity index is 825. The molecule has 0 saturated carbocycles. The van der Waals surface area contributed by atoms with Gasteiger partial charge in [0, 0.05) is 5.56 Å². The molecule has 0 bridgehead atoms. The summed E-state index contributed by atoms with van der Waals surface area (Å²) in [5, 5.41) is 10.7. The van der Waals surface area contributed by atoms with Gasteiger partial charge in [0.15, 0.2) is 17.3 Å². The Labute approximate surface area is 136 Å². The maximum Gasteiger partial charge on any atom is 0.433 e. The summed E-state index contributed by atoms with van der Waals surface area (Å²) < 4.78 is 26.7. The highest BCUT2D eigenvalue weighted by Crippen LogP contribution is 2.48. The molecule has 1 aliphatic heterocycles. The molecule has 1 aromatic heterocycles. The average Bonchev–Trinajstić information content (AvgIpc) is 3.09. The summed E-state index contributed by atoms with van der Waals surface area (Å²) in [5.41, 5.74) is 1.23. The number of nitro groups is 1. The van der Waals surface area contributed by atoms with Crippen molar-refractivity contribution in [3.05, 3.63) is 39.6 Å². The van der Waals surface area contributed by atoms with E-state index in [1.165, 1.54) is 33.5 Å². The Hall–Kier alpha value is -3.23. The van der Waals surface area contributed by atoms with Gasteiger partial charge < -0.3 is 23.4 Å². The van der Waals surface area contributed by atoms with Crippen LogP contribution in [0.5, 0.6) is 17.2 Å². The van der Waals surface area contributed by atoms with Gasteiger partial charge in [-0.25, -0.2) is 4.99 Å². The number of methoxy groups -OCH3 is 3. The van der Waals surface area contributed by atoms with Crippen LogP contribution in [0.3, 0.4) is 0 Å². The van der Waals surface area contributed by atoms with E-state index in [0.29, 0.717) is 22.9 Å². The van der Waals surface area contributed by atoms with Gasteiger partial charge in [0.2, 0.25) is 5.75 Å². The van der Waals surface area contributed by atoms with E-state index in [0.717, 1.165) is 5.56 Å². The summed E-state index contributed by atoms with van der Waals surface area (Å²) in [4.78, 5) is 14.5. The highest BCUT2D eigenvalue weighted by Gasteiger charge is 2.27. The third kappa shape index (κ3) is 2.49. The van der Waals surface area contributed by atoms with Crippen LogP contribution < -0.4 is 14.2 Å². The maximum atomic E-state index is 10.7. The Morgan fingerprint density at radius 3 is 2.50 bits per heavy atom. The minimum atomic E-state index is -0.630. The Morgan fingerprint density at radius 2 is 1.92 bits per heavy atom. The molecule has 0 N–H and O–H groups in total. The number of hydrogen-bond donors (Lipinski definition) is 0. The van der Waals surface area contributed by atoms with Gasteiger partial charge in [0.05, 0.1) is 27.4 Å². The predicted molar refractivity (Wildman–Crippen MR) is 82.4 cm³/mol. The zero-order valence-corrected chi connectivity index (χ0v) is 13.2. The second-order valence-corrected chi connectivity index (χ2v) is 4.75. The van der Waals surface area contributed by atoms with E-state index >= 15 is 0 Å². The van der Waals surface area contributed by atoms with Crippen LogP contribution >= 0.6 is 0 Å². The molecule has 2 aromatic rings. The molecule has 2 heterocycles. The zero-order valence-electron chi connectivity index (χ0n) is 13.2. The Kier molecular flexibility index (Phi) is 3.98. The smallest absolute Gasteiger partial charge is 0.433 e. The van der Waals surface area contributed by atoms with Gasteiger partial charge in [-0.1, -0.05) is 0 Å². The summed E-state index contributed by atoms with van der Waals surface area (Å²) >= 11 is 0. The molecule has 0 aliphatic carbocycles. The van der Waals surface area contributed by atoms with E-state index in [1.54, 1.807) is 6.07 Å². The normalized spacial score (nSPS) is 12.7. The fraction of sp³-hybridized carbons (Fsp3) is 0.267. The lowest BCUT2D eigenvalue weighted by Gasteiger charge is -2.21. The third-order valence-electron chi connectivity index (χ3n) is 3.44. The van der Waals surface area contributed by atoms with Crippen molar-refractivity contribution in [2.45, 2.75) is 6.61 Å². The van der Waals surface area contributed by atoms with Crippen molar-refractivity contribution >= 4 is 17.5 Å². The van der Waals surface area contributed by atoms with E-state index in [1.807, 2.05) is 0 Å². The van der Waals surface area contributed by atoms with Gasteiger partial charge in [-0.3, -0.25) is 10.1 Å². The lowest BCUT2D eigenvalue weighted by Crippen LogP contribution is -2.11. The largest absolute Gasteiger partial charge is 0.493 e. The van der Waals surface area contributed by atoms with Gasteiger partial charge in [-0.05, 0) is 12.1 Å². The Morgan fingerprint density at radius 1 is 1.17 bits per heavy atom. The van der Waals surface area contributed by atoms with E-state index in [4.69, 9.17) is 23.4 Å². The lowest BCUT2D eigenvalue weighted by atomic mass is 10.1. The first-order valence-electron chi connectivity index (χ1n) is 6.87.